The molecule has 3 N–H and O–H groups in total. The maximum Gasteiger partial charge on any atom is 0.315 e. The van der Waals surface area contributed by atoms with Crippen LogP contribution in [0, 0.1) is 0 Å². The Morgan fingerprint density at radius 1 is 1.32 bits per heavy atom. The van der Waals surface area contributed by atoms with Gasteiger partial charge in [0.15, 0.2) is 0 Å². The molecule has 0 heterocycles. The number of rotatable bonds is 9. The van der Waals surface area contributed by atoms with Crippen LogP contribution in [-0.2, 0) is 11.3 Å². The summed E-state index contributed by atoms with van der Waals surface area (Å²) in [4.78, 5) is 21.8. The summed E-state index contributed by atoms with van der Waals surface area (Å²) in [5.41, 5.74) is 0.834. The molecule has 122 valence electrons. The molecular weight excluding hydrogens is 308 g/mol. The van der Waals surface area contributed by atoms with Crippen LogP contribution in [0.5, 0.6) is 5.75 Å². The molecule has 0 spiro atoms. The van der Waals surface area contributed by atoms with Gasteiger partial charge in [-0.3, -0.25) is 4.79 Å². The number of benzene rings is 1. The fraction of sp³-hybridized carbons (Fsp3) is 0.467. The van der Waals surface area contributed by atoms with Gasteiger partial charge in [-0.05, 0) is 24.1 Å². The van der Waals surface area contributed by atoms with E-state index in [0.717, 1.165) is 18.4 Å². The van der Waals surface area contributed by atoms with Crippen LogP contribution in [0.4, 0.5) is 4.79 Å². The monoisotopic (exact) mass is 328 g/mol. The minimum atomic E-state index is -0.953. The molecule has 2 amide bonds. The zero-order valence-corrected chi connectivity index (χ0v) is 13.3. The van der Waals surface area contributed by atoms with Crippen molar-refractivity contribution in [1.82, 2.24) is 10.6 Å². The summed E-state index contributed by atoms with van der Waals surface area (Å²) in [6.07, 6.45) is 1.91. The first-order valence-corrected chi connectivity index (χ1v) is 7.55. The topological polar surface area (TPSA) is 87.7 Å². The number of carboxylic acid groups (broad SMARTS) is 1. The normalized spacial score (nSPS) is 10.1. The highest BCUT2D eigenvalue weighted by Crippen LogP contribution is 2.25. The largest absolute Gasteiger partial charge is 0.492 e. The molecule has 0 saturated heterocycles. The van der Waals surface area contributed by atoms with Gasteiger partial charge in [0, 0.05) is 13.1 Å². The Morgan fingerprint density at radius 3 is 2.73 bits per heavy atom. The van der Waals surface area contributed by atoms with E-state index in [-0.39, 0.29) is 13.0 Å². The van der Waals surface area contributed by atoms with Crippen LogP contribution >= 0.6 is 11.6 Å². The zero-order valence-electron chi connectivity index (χ0n) is 12.5. The molecule has 1 aromatic rings. The average Bonchev–Trinajstić information content (AvgIpc) is 2.47. The van der Waals surface area contributed by atoms with Crippen LogP contribution in [0.1, 0.15) is 31.7 Å². The number of carbonyl (C=O) groups excluding carboxylic acids is 1. The molecule has 0 bridgehead atoms. The van der Waals surface area contributed by atoms with Gasteiger partial charge in [0.2, 0.25) is 0 Å². The predicted octanol–water partition coefficient (Wildman–Crippen LogP) is 2.79. The van der Waals surface area contributed by atoms with Gasteiger partial charge in [-0.25, -0.2) is 4.79 Å². The molecule has 1 rings (SSSR count). The van der Waals surface area contributed by atoms with Gasteiger partial charge in [0.1, 0.15) is 5.75 Å². The van der Waals surface area contributed by atoms with Gasteiger partial charge in [-0.1, -0.05) is 31.0 Å². The SMILES string of the molecule is CCCCOc1ccc(CNC(=O)NCCC(=O)O)cc1Cl. The Balaban J connectivity index is 2.38. The van der Waals surface area contributed by atoms with Crippen molar-refractivity contribution >= 4 is 23.6 Å². The van der Waals surface area contributed by atoms with E-state index in [1.807, 2.05) is 6.07 Å². The standard InChI is InChI=1S/C15H21ClN2O4/c1-2-3-8-22-13-5-4-11(9-12(13)16)10-18-15(21)17-7-6-14(19)20/h4-5,9H,2-3,6-8,10H2,1H3,(H,19,20)(H2,17,18,21). The number of unbranched alkanes of at least 4 members (excludes halogenated alkanes) is 1. The van der Waals surface area contributed by atoms with Gasteiger partial charge in [0.05, 0.1) is 18.1 Å². The number of ether oxygens (including phenoxy) is 1. The third-order valence-corrected chi connectivity index (χ3v) is 3.12. The number of carboxylic acids is 1. The molecule has 0 aliphatic carbocycles. The number of aliphatic carboxylic acids is 1. The van der Waals surface area contributed by atoms with Crippen molar-refractivity contribution in [3.05, 3.63) is 28.8 Å². The quantitative estimate of drug-likeness (QED) is 0.608. The number of amides is 2. The van der Waals surface area contributed by atoms with Crippen molar-refractivity contribution in [3.63, 3.8) is 0 Å². The summed E-state index contributed by atoms with van der Waals surface area (Å²) in [7, 11) is 0. The van der Waals surface area contributed by atoms with Crippen LogP contribution in [0.2, 0.25) is 5.02 Å². The Morgan fingerprint density at radius 2 is 2.09 bits per heavy atom. The van der Waals surface area contributed by atoms with E-state index in [9.17, 15) is 9.59 Å². The molecule has 1 aromatic carbocycles. The van der Waals surface area contributed by atoms with Gasteiger partial charge in [-0.2, -0.15) is 0 Å². The van der Waals surface area contributed by atoms with Gasteiger partial charge in [-0.15, -0.1) is 0 Å². The van der Waals surface area contributed by atoms with E-state index in [2.05, 4.69) is 17.6 Å². The molecule has 7 heteroatoms. The number of hydrogen-bond acceptors (Lipinski definition) is 3. The minimum absolute atomic E-state index is 0.0894. The number of hydrogen-bond donors (Lipinski definition) is 3. The van der Waals surface area contributed by atoms with E-state index < -0.39 is 12.0 Å². The molecule has 0 aliphatic heterocycles. The Kier molecular flexibility index (Phi) is 8.14. The first kappa shape index (κ1) is 18.1. The Labute approximate surface area is 134 Å². The van der Waals surface area contributed by atoms with Crippen LogP contribution < -0.4 is 15.4 Å². The van der Waals surface area contributed by atoms with Crippen LogP contribution in [-0.4, -0.2) is 30.3 Å². The summed E-state index contributed by atoms with van der Waals surface area (Å²) in [6.45, 7) is 3.10. The third-order valence-electron chi connectivity index (χ3n) is 2.83. The third kappa shape index (κ3) is 7.17. The lowest BCUT2D eigenvalue weighted by Gasteiger charge is -2.10. The van der Waals surface area contributed by atoms with E-state index in [1.165, 1.54) is 0 Å². The number of carbonyl (C=O) groups is 2. The molecule has 0 unspecified atom stereocenters. The second-order valence-corrected chi connectivity index (χ2v) is 5.13. The summed E-state index contributed by atoms with van der Waals surface area (Å²) in [5.74, 6) is -0.324. The number of halogens is 1. The van der Waals surface area contributed by atoms with Gasteiger partial charge in [0.25, 0.3) is 0 Å². The van der Waals surface area contributed by atoms with Crippen molar-refractivity contribution in [2.75, 3.05) is 13.2 Å². The Bertz CT molecular complexity index is 508. The summed E-state index contributed by atoms with van der Waals surface area (Å²) < 4.78 is 5.55. The summed E-state index contributed by atoms with van der Waals surface area (Å²) >= 11 is 6.12. The van der Waals surface area contributed by atoms with E-state index >= 15 is 0 Å². The molecule has 0 aliphatic rings. The minimum Gasteiger partial charge on any atom is -0.492 e. The van der Waals surface area contributed by atoms with Crippen LogP contribution in [0.15, 0.2) is 18.2 Å². The molecule has 0 radical (unpaired) electrons. The second kappa shape index (κ2) is 9.89. The summed E-state index contributed by atoms with van der Waals surface area (Å²) in [5, 5.41) is 14.1. The van der Waals surface area contributed by atoms with Crippen molar-refractivity contribution < 1.29 is 19.4 Å². The zero-order chi connectivity index (χ0) is 16.4. The highest BCUT2D eigenvalue weighted by molar-refractivity contribution is 6.32. The average molecular weight is 329 g/mol. The molecule has 22 heavy (non-hydrogen) atoms. The van der Waals surface area contributed by atoms with Crippen molar-refractivity contribution in [2.24, 2.45) is 0 Å². The fourth-order valence-corrected chi connectivity index (χ4v) is 1.88. The number of urea groups is 1. The van der Waals surface area contributed by atoms with Crippen molar-refractivity contribution in [2.45, 2.75) is 32.7 Å². The molecule has 0 aromatic heterocycles. The maximum atomic E-state index is 11.5. The second-order valence-electron chi connectivity index (χ2n) is 4.72. The molecule has 6 nitrogen and oxygen atoms in total. The first-order valence-electron chi connectivity index (χ1n) is 7.17. The lowest BCUT2D eigenvalue weighted by atomic mass is 10.2. The van der Waals surface area contributed by atoms with Gasteiger partial charge >= 0.3 is 12.0 Å². The van der Waals surface area contributed by atoms with E-state index in [4.69, 9.17) is 21.4 Å². The highest BCUT2D eigenvalue weighted by atomic mass is 35.5. The first-order chi connectivity index (χ1) is 10.5. The lowest BCUT2D eigenvalue weighted by molar-refractivity contribution is -0.136. The number of nitrogens with one attached hydrogen (secondary N) is 2. The highest BCUT2D eigenvalue weighted by Gasteiger charge is 2.05. The van der Waals surface area contributed by atoms with Crippen molar-refractivity contribution in [3.8, 4) is 5.75 Å². The fourth-order valence-electron chi connectivity index (χ4n) is 1.63. The molecular formula is C15H21ClN2O4. The predicted molar refractivity (Wildman–Crippen MR) is 84.3 cm³/mol. The van der Waals surface area contributed by atoms with Crippen LogP contribution in [0.25, 0.3) is 0 Å². The molecule has 0 atom stereocenters. The Hall–Kier alpha value is -1.95. The van der Waals surface area contributed by atoms with Crippen molar-refractivity contribution in [1.29, 1.82) is 0 Å². The van der Waals surface area contributed by atoms with Gasteiger partial charge < -0.3 is 20.5 Å². The smallest absolute Gasteiger partial charge is 0.315 e. The maximum absolute atomic E-state index is 11.5. The van der Waals surface area contributed by atoms with Crippen LogP contribution in [0.3, 0.4) is 0 Å². The van der Waals surface area contributed by atoms with E-state index in [0.29, 0.717) is 23.9 Å². The lowest BCUT2D eigenvalue weighted by Crippen LogP contribution is -2.36. The van der Waals surface area contributed by atoms with E-state index in [1.54, 1.807) is 12.1 Å². The molecule has 0 saturated carbocycles. The summed E-state index contributed by atoms with van der Waals surface area (Å²) in [6, 6.07) is 4.92. The molecule has 0 fully saturated rings.